The molecule has 0 saturated heterocycles. The lowest BCUT2D eigenvalue weighted by molar-refractivity contribution is 0.105. The lowest BCUT2D eigenvalue weighted by Gasteiger charge is -2.15. The van der Waals surface area contributed by atoms with Gasteiger partial charge in [0.05, 0.1) is 120 Å². The number of nitrogens with one attached hydrogen (secondary N) is 5. The first-order valence-corrected chi connectivity index (χ1v) is 39.8. The predicted molar refractivity (Wildman–Crippen MR) is 458 cm³/mol. The van der Waals surface area contributed by atoms with Crippen molar-refractivity contribution in [2.24, 2.45) is 0 Å². The Balaban J connectivity index is 0.000000137. The van der Waals surface area contributed by atoms with Crippen LogP contribution in [-0.4, -0.2) is 173 Å². The van der Waals surface area contributed by atoms with Crippen molar-refractivity contribution in [1.82, 2.24) is 73.0 Å². The zero-order valence-electron chi connectivity index (χ0n) is 59.1. The number of hydrogen-bond donors (Lipinski definition) is 11. The molecule has 10 aromatic heterocycles. The van der Waals surface area contributed by atoms with E-state index < -0.39 is 18.3 Å². The Labute approximate surface area is 702 Å². The highest BCUT2D eigenvalue weighted by atomic mass is 79.9. The number of hydrogen-bond acceptors (Lipinski definition) is 21. The number of aliphatic hydroxyl groups is 6. The fourth-order valence-electron chi connectivity index (χ4n) is 10.7. The van der Waals surface area contributed by atoms with Crippen LogP contribution in [0, 0.1) is 0 Å². The molecule has 0 saturated carbocycles. The van der Waals surface area contributed by atoms with E-state index in [9.17, 15) is 25.5 Å². The lowest BCUT2D eigenvalue weighted by atomic mass is 10.1. The molecule has 576 valence electrons. The summed E-state index contributed by atoms with van der Waals surface area (Å²) in [4.78, 5) is 23.1. The first kappa shape index (κ1) is 83.7. The smallest absolute Gasteiger partial charge is 0.172 e. The second kappa shape index (κ2) is 39.0. The minimum absolute atomic E-state index is 0.0215. The maximum Gasteiger partial charge on any atom is 0.172 e. The molecule has 26 nitrogen and oxygen atoms in total. The maximum absolute atomic E-state index is 9.54. The third-order valence-corrected chi connectivity index (χ3v) is 20.6. The summed E-state index contributed by atoms with van der Waals surface area (Å²) in [5.41, 5.74) is 11.2. The van der Waals surface area contributed by atoms with Gasteiger partial charge in [0.1, 0.15) is 29.1 Å². The van der Waals surface area contributed by atoms with E-state index in [1.165, 1.54) is 0 Å². The standard InChI is InChI=1S/C15H14BrClN4O2.4C15H14BrClN4O/c16-11-7-19-21-14(18-6-9(23)8-22)5-13(20-15(11)21)10-3-1-2-4-12(10)17;2*1-9(8-22)19-14-6-13(10-4-2-3-5-12(10)17)20-15-11(16)7-18-21(14)15;2*1-9(22)7-18-14-6-13(10-4-2-3-5-12(10)17)20-15-11(16)8-19-21(14)15/h1-5,7,9,18,22-23H,6,8H2;2*2-7,9,19,22H,8H2,1H3;2*2-6,8-9,18,22H,7H2,1H3/t5*9-/m01010/s1. The van der Waals surface area contributed by atoms with Gasteiger partial charge in [-0.25, -0.2) is 24.9 Å². The summed E-state index contributed by atoms with van der Waals surface area (Å²) >= 11 is 48.6. The third-order valence-electron chi connectivity index (χ3n) is 16.1. The van der Waals surface area contributed by atoms with Crippen molar-refractivity contribution < 1.29 is 30.6 Å². The molecule has 5 atom stereocenters. The minimum Gasteiger partial charge on any atom is -0.394 e. The van der Waals surface area contributed by atoms with Gasteiger partial charge < -0.3 is 57.2 Å². The molecule has 0 bridgehead atoms. The summed E-state index contributed by atoms with van der Waals surface area (Å²) in [5, 5.41) is 96.4. The Morgan fingerprint density at radius 3 is 0.757 bits per heavy atom. The molecule has 11 N–H and O–H groups in total. The van der Waals surface area contributed by atoms with Gasteiger partial charge in [0.15, 0.2) is 28.2 Å². The van der Waals surface area contributed by atoms with E-state index in [-0.39, 0.29) is 38.4 Å². The highest BCUT2D eigenvalue weighted by molar-refractivity contribution is 9.11. The molecule has 0 amide bonds. The van der Waals surface area contributed by atoms with Crippen LogP contribution in [0.25, 0.3) is 84.5 Å². The number of halogens is 10. The molecule has 0 unspecified atom stereocenters. The molecule has 15 aromatic rings. The first-order valence-electron chi connectivity index (χ1n) is 34.0. The van der Waals surface area contributed by atoms with Crippen LogP contribution in [0.3, 0.4) is 0 Å². The van der Waals surface area contributed by atoms with Crippen molar-refractivity contribution in [1.29, 1.82) is 0 Å². The molecule has 0 spiro atoms. The van der Waals surface area contributed by atoms with Gasteiger partial charge in [-0.3, -0.25) is 0 Å². The molecule has 5 aromatic carbocycles. The molecular weight excluding hydrogens is 1850 g/mol. The zero-order chi connectivity index (χ0) is 79.2. The van der Waals surface area contributed by atoms with Crippen LogP contribution in [-0.2, 0) is 0 Å². The molecule has 0 fully saturated rings. The molecule has 0 aliphatic carbocycles. The second-order valence-corrected chi connectivity index (χ2v) is 31.1. The largest absolute Gasteiger partial charge is 0.394 e. The summed E-state index contributed by atoms with van der Waals surface area (Å²) in [5.74, 6) is 3.61. The average Bonchev–Trinajstić information content (AvgIpc) is 1.73. The Hall–Kier alpha value is -8.19. The van der Waals surface area contributed by atoms with E-state index in [0.29, 0.717) is 78.0 Å². The summed E-state index contributed by atoms with van der Waals surface area (Å²) in [7, 11) is 0. The number of fused-ring (bicyclic) bond motifs is 5. The fraction of sp³-hybridized carbons (Fsp3) is 0.200. The van der Waals surface area contributed by atoms with Crippen LogP contribution in [0.5, 0.6) is 0 Å². The van der Waals surface area contributed by atoms with Gasteiger partial charge in [-0.15, -0.1) is 0 Å². The SMILES string of the molecule is C[C@@H](CO)Nc1cc(-c2ccccc2Cl)nc2c(Br)cnn12.C[C@@H](O)CNc1cc(-c2ccccc2Cl)nc2c(Br)cnn12.C[C@H](CO)Nc1cc(-c2ccccc2Cl)nc2c(Br)cnn12.C[C@H](O)CNc1cc(-c2ccccc2Cl)nc2c(Br)cnn12.OC[C@@H](O)CNc1cc(-c2ccccc2Cl)nc2c(Br)cnn12. The van der Waals surface area contributed by atoms with Crippen LogP contribution in [0.4, 0.5) is 29.1 Å². The highest BCUT2D eigenvalue weighted by Crippen LogP contribution is 2.37. The van der Waals surface area contributed by atoms with Crippen LogP contribution in [0.15, 0.2) is 205 Å². The fourth-order valence-corrected chi connectivity index (χ4v) is 13.6. The number of benzene rings is 5. The topological polar surface area (TPSA) is 332 Å². The Morgan fingerprint density at radius 2 is 0.541 bits per heavy atom. The number of aromatic nitrogens is 15. The number of rotatable bonds is 21. The van der Waals surface area contributed by atoms with Gasteiger partial charge in [-0.05, 0) is 138 Å². The van der Waals surface area contributed by atoms with Gasteiger partial charge in [0, 0.05) is 115 Å². The molecule has 15 rings (SSSR count). The normalized spacial score (nSPS) is 12.5. The quantitative estimate of drug-likeness (QED) is 0.0318. The monoisotopic (exact) mass is 1920 g/mol. The van der Waals surface area contributed by atoms with Gasteiger partial charge in [0.25, 0.3) is 0 Å². The van der Waals surface area contributed by atoms with Gasteiger partial charge >= 0.3 is 0 Å². The third kappa shape index (κ3) is 20.8. The van der Waals surface area contributed by atoms with Gasteiger partial charge in [-0.2, -0.15) is 48.1 Å². The van der Waals surface area contributed by atoms with Crippen molar-refractivity contribution in [2.75, 3.05) is 66.0 Å². The Morgan fingerprint density at radius 1 is 0.324 bits per heavy atom. The molecule has 0 aliphatic heterocycles. The Bertz CT molecular complexity index is 5440. The molecule has 36 heteroatoms. The van der Waals surface area contributed by atoms with Crippen LogP contribution < -0.4 is 26.6 Å². The van der Waals surface area contributed by atoms with Crippen molar-refractivity contribution in [3.63, 3.8) is 0 Å². The van der Waals surface area contributed by atoms with Crippen molar-refractivity contribution >= 4 is 195 Å². The predicted octanol–water partition coefficient (Wildman–Crippen LogP) is 17.0. The minimum atomic E-state index is -0.860. The summed E-state index contributed by atoms with van der Waals surface area (Å²) in [6, 6.07) is 46.7. The number of anilines is 5. The van der Waals surface area contributed by atoms with Crippen LogP contribution >= 0.6 is 138 Å². The van der Waals surface area contributed by atoms with E-state index >= 15 is 0 Å². The summed E-state index contributed by atoms with van der Waals surface area (Å²) in [6.07, 6.45) is 6.60. The van der Waals surface area contributed by atoms with E-state index in [2.05, 4.69) is 157 Å². The number of nitrogens with zero attached hydrogens (tertiary/aromatic N) is 15. The average molecular weight is 1920 g/mol. The van der Waals surface area contributed by atoms with Crippen LogP contribution in [0.1, 0.15) is 27.7 Å². The van der Waals surface area contributed by atoms with E-state index in [1.54, 1.807) is 79.5 Å². The maximum atomic E-state index is 9.54. The number of aliphatic hydroxyl groups excluding tert-OH is 6. The first-order chi connectivity index (χ1) is 53.4. The second-order valence-electron chi connectivity index (χ2n) is 24.8. The van der Waals surface area contributed by atoms with E-state index in [0.717, 1.165) is 96.2 Å². The van der Waals surface area contributed by atoms with Crippen molar-refractivity contribution in [3.05, 3.63) is 230 Å². The summed E-state index contributed by atoms with van der Waals surface area (Å²) in [6.45, 7) is 7.97. The van der Waals surface area contributed by atoms with Crippen molar-refractivity contribution in [3.8, 4) is 56.3 Å². The molecule has 0 aliphatic rings. The lowest BCUT2D eigenvalue weighted by Crippen LogP contribution is -2.24. The van der Waals surface area contributed by atoms with Gasteiger partial charge in [-0.1, -0.05) is 149 Å². The highest BCUT2D eigenvalue weighted by Gasteiger charge is 2.21. The summed E-state index contributed by atoms with van der Waals surface area (Å²) < 4.78 is 12.3. The van der Waals surface area contributed by atoms with E-state index in [4.69, 9.17) is 63.1 Å². The molecule has 10 heterocycles. The molecular formula is C75H70Br5Cl5N20O6. The van der Waals surface area contributed by atoms with Crippen LogP contribution in [0.2, 0.25) is 25.1 Å². The van der Waals surface area contributed by atoms with Gasteiger partial charge in [0.2, 0.25) is 0 Å². The molecule has 111 heavy (non-hydrogen) atoms. The van der Waals surface area contributed by atoms with Crippen molar-refractivity contribution in [2.45, 2.75) is 58.1 Å². The van der Waals surface area contributed by atoms with E-state index in [1.807, 2.05) is 153 Å². The Kier molecular flexibility index (Phi) is 29.4. The zero-order valence-corrected chi connectivity index (χ0v) is 70.8. The molecule has 0 radical (unpaired) electrons.